The Morgan fingerprint density at radius 2 is 1.71 bits per heavy atom. The fourth-order valence-corrected chi connectivity index (χ4v) is 4.71. The van der Waals surface area contributed by atoms with Crippen LogP contribution in [0.4, 0.5) is 5.69 Å². The van der Waals surface area contributed by atoms with E-state index in [2.05, 4.69) is 0 Å². The Kier molecular flexibility index (Phi) is 7.81. The zero-order valence-corrected chi connectivity index (χ0v) is 20.9. The molecule has 0 spiro atoms. The maximum absolute atomic E-state index is 13.3. The smallest absolute Gasteiger partial charge is 0.338 e. The van der Waals surface area contributed by atoms with E-state index in [4.69, 9.17) is 14.2 Å². The van der Waals surface area contributed by atoms with Gasteiger partial charge in [0.05, 0.1) is 6.61 Å². The number of aromatic nitrogens is 2. The monoisotopic (exact) mass is 519 g/mol. The Balaban J connectivity index is 1.24. The van der Waals surface area contributed by atoms with Crippen molar-refractivity contribution in [2.75, 3.05) is 31.3 Å². The van der Waals surface area contributed by atoms with E-state index in [0.29, 0.717) is 42.2 Å². The molecule has 1 aromatic heterocycles. The lowest BCUT2D eigenvalue weighted by Gasteiger charge is -2.22. The summed E-state index contributed by atoms with van der Waals surface area (Å²) < 4.78 is 18.7. The molecular weight excluding hydrogens is 490 g/mol. The van der Waals surface area contributed by atoms with Gasteiger partial charge in [-0.1, -0.05) is 18.2 Å². The summed E-state index contributed by atoms with van der Waals surface area (Å²) in [5.74, 6) is -0.378. The van der Waals surface area contributed by atoms with Crippen LogP contribution in [0, 0.1) is 0 Å². The lowest BCUT2D eigenvalue weighted by molar-refractivity contribution is -0.165. The first kappa shape index (κ1) is 25.6. The molecule has 1 amide bonds. The summed E-state index contributed by atoms with van der Waals surface area (Å²) in [4.78, 5) is 53.3. The fraction of sp³-hybridized carbons (Fsp3) is 0.357. The van der Waals surface area contributed by atoms with Crippen molar-refractivity contribution in [3.8, 4) is 5.75 Å². The van der Waals surface area contributed by atoms with Crippen LogP contribution in [0.3, 0.4) is 0 Å². The Hall–Kier alpha value is -4.02. The first-order valence-corrected chi connectivity index (χ1v) is 12.7. The summed E-state index contributed by atoms with van der Waals surface area (Å²) in [6, 6.07) is 15.5. The van der Waals surface area contributed by atoms with E-state index in [1.807, 2.05) is 0 Å². The standard InChI is InChI=1S/C28H29N3O7/c32-24-14-16-30(28(35)31(24)26(33)20-6-2-1-3-7-20)23-13-15-29(27(23)34)21-9-11-22(12-10-21)36-18-19-38-25-8-4-5-17-37-25/h1-3,6-7,9-12,14,16,23,25H,4-5,8,13,15,17-19H2. The van der Waals surface area contributed by atoms with Crippen LogP contribution < -0.4 is 20.9 Å². The summed E-state index contributed by atoms with van der Waals surface area (Å²) in [5, 5.41) is 0. The Labute approximate surface area is 219 Å². The second-order valence-electron chi connectivity index (χ2n) is 9.15. The Morgan fingerprint density at radius 3 is 2.45 bits per heavy atom. The molecule has 0 saturated carbocycles. The van der Waals surface area contributed by atoms with Crippen LogP contribution in [0.25, 0.3) is 0 Å². The molecule has 2 aliphatic rings. The summed E-state index contributed by atoms with van der Waals surface area (Å²) in [5.41, 5.74) is -0.704. The van der Waals surface area contributed by atoms with Crippen molar-refractivity contribution in [2.24, 2.45) is 0 Å². The minimum absolute atomic E-state index is 0.160. The topological polar surface area (TPSA) is 109 Å². The average molecular weight is 520 g/mol. The Bertz CT molecular complexity index is 1390. The third-order valence-electron chi connectivity index (χ3n) is 6.69. The van der Waals surface area contributed by atoms with Gasteiger partial charge in [0.15, 0.2) is 6.29 Å². The molecule has 198 valence electrons. The van der Waals surface area contributed by atoms with Crippen LogP contribution >= 0.6 is 0 Å². The number of hydrogen-bond acceptors (Lipinski definition) is 7. The van der Waals surface area contributed by atoms with Crippen LogP contribution in [0.2, 0.25) is 0 Å². The zero-order chi connectivity index (χ0) is 26.5. The highest BCUT2D eigenvalue weighted by Crippen LogP contribution is 2.29. The molecule has 10 nitrogen and oxygen atoms in total. The third-order valence-corrected chi connectivity index (χ3v) is 6.69. The predicted octanol–water partition coefficient (Wildman–Crippen LogP) is 2.60. The molecule has 0 radical (unpaired) electrons. The number of carbonyl (C=O) groups excluding carboxylic acids is 2. The maximum Gasteiger partial charge on any atom is 0.338 e. The van der Waals surface area contributed by atoms with Gasteiger partial charge in [0.2, 0.25) is 5.91 Å². The molecule has 10 heteroatoms. The SMILES string of the molecule is O=C1C(n2ccc(=O)n(C(=O)c3ccccc3)c2=O)CCN1c1ccc(OCCOC2CCCCO2)cc1. The number of nitrogens with zero attached hydrogens (tertiary/aromatic N) is 3. The second-order valence-corrected chi connectivity index (χ2v) is 9.15. The molecule has 0 N–H and O–H groups in total. The van der Waals surface area contributed by atoms with Crippen molar-refractivity contribution in [2.45, 2.75) is 38.0 Å². The molecule has 2 aliphatic heterocycles. The van der Waals surface area contributed by atoms with Crippen LogP contribution in [0.5, 0.6) is 5.75 Å². The van der Waals surface area contributed by atoms with Gasteiger partial charge in [-0.3, -0.25) is 19.0 Å². The van der Waals surface area contributed by atoms with E-state index in [1.165, 1.54) is 18.3 Å². The quantitative estimate of drug-likeness (QED) is 0.421. The number of hydrogen-bond donors (Lipinski definition) is 0. The molecular formula is C28H29N3O7. The number of rotatable bonds is 8. The van der Waals surface area contributed by atoms with Crippen molar-refractivity contribution in [3.05, 3.63) is 93.3 Å². The predicted molar refractivity (Wildman–Crippen MR) is 139 cm³/mol. The summed E-state index contributed by atoms with van der Waals surface area (Å²) >= 11 is 0. The van der Waals surface area contributed by atoms with Gasteiger partial charge in [-0.05, 0) is 62.1 Å². The lowest BCUT2D eigenvalue weighted by atomic mass is 10.2. The van der Waals surface area contributed by atoms with E-state index >= 15 is 0 Å². The van der Waals surface area contributed by atoms with E-state index in [1.54, 1.807) is 47.4 Å². The number of carbonyl (C=O) groups is 2. The highest BCUT2D eigenvalue weighted by atomic mass is 16.7. The van der Waals surface area contributed by atoms with E-state index in [9.17, 15) is 19.2 Å². The van der Waals surface area contributed by atoms with Gasteiger partial charge < -0.3 is 19.1 Å². The van der Waals surface area contributed by atoms with E-state index < -0.39 is 23.2 Å². The molecule has 3 aromatic rings. The van der Waals surface area contributed by atoms with Crippen molar-refractivity contribution >= 4 is 17.5 Å². The average Bonchev–Trinajstić information content (AvgIpc) is 3.33. The normalized spacial score (nSPS) is 19.5. The van der Waals surface area contributed by atoms with Crippen LogP contribution in [-0.4, -0.2) is 53.6 Å². The number of anilines is 1. The van der Waals surface area contributed by atoms with E-state index in [-0.39, 0.29) is 17.8 Å². The van der Waals surface area contributed by atoms with Crippen molar-refractivity contribution < 1.29 is 23.8 Å². The first-order valence-electron chi connectivity index (χ1n) is 12.7. The number of ether oxygens (including phenoxy) is 3. The van der Waals surface area contributed by atoms with Gasteiger partial charge in [-0.2, -0.15) is 4.57 Å². The van der Waals surface area contributed by atoms with Gasteiger partial charge in [-0.15, -0.1) is 0 Å². The number of amides is 1. The molecule has 0 bridgehead atoms. The van der Waals surface area contributed by atoms with Crippen molar-refractivity contribution in [1.29, 1.82) is 0 Å². The molecule has 3 heterocycles. The zero-order valence-electron chi connectivity index (χ0n) is 20.9. The maximum atomic E-state index is 13.3. The molecule has 2 aromatic carbocycles. The molecule has 5 rings (SSSR count). The minimum atomic E-state index is -0.837. The van der Waals surface area contributed by atoms with Gasteiger partial charge in [0.1, 0.15) is 18.4 Å². The van der Waals surface area contributed by atoms with Crippen LogP contribution in [0.1, 0.15) is 42.1 Å². The highest BCUT2D eigenvalue weighted by molar-refractivity contribution is 5.98. The van der Waals surface area contributed by atoms with Crippen molar-refractivity contribution in [1.82, 2.24) is 9.13 Å². The van der Waals surface area contributed by atoms with E-state index in [0.717, 1.165) is 36.5 Å². The second kappa shape index (κ2) is 11.6. The first-order chi connectivity index (χ1) is 18.5. The van der Waals surface area contributed by atoms with Crippen molar-refractivity contribution in [3.63, 3.8) is 0 Å². The van der Waals surface area contributed by atoms with Crippen LogP contribution in [-0.2, 0) is 14.3 Å². The summed E-state index contributed by atoms with van der Waals surface area (Å²) in [6.07, 6.45) is 4.55. The van der Waals surface area contributed by atoms with Gasteiger partial charge in [0.25, 0.3) is 11.5 Å². The molecule has 2 atom stereocenters. The molecule has 2 unspecified atom stereocenters. The fourth-order valence-electron chi connectivity index (χ4n) is 4.71. The largest absolute Gasteiger partial charge is 0.491 e. The minimum Gasteiger partial charge on any atom is -0.491 e. The lowest BCUT2D eigenvalue weighted by Crippen LogP contribution is -2.45. The third kappa shape index (κ3) is 5.46. The summed E-state index contributed by atoms with van der Waals surface area (Å²) in [7, 11) is 0. The Morgan fingerprint density at radius 1 is 0.921 bits per heavy atom. The molecule has 0 aliphatic carbocycles. The summed E-state index contributed by atoms with van der Waals surface area (Å²) in [6.45, 7) is 1.91. The van der Waals surface area contributed by atoms with Crippen LogP contribution in [0.15, 0.2) is 76.4 Å². The number of benzene rings is 2. The molecule has 38 heavy (non-hydrogen) atoms. The van der Waals surface area contributed by atoms with Gasteiger partial charge >= 0.3 is 5.69 Å². The van der Waals surface area contributed by atoms with Gasteiger partial charge in [0, 0.05) is 36.7 Å². The highest BCUT2D eigenvalue weighted by Gasteiger charge is 2.35. The molecule has 2 fully saturated rings. The van der Waals surface area contributed by atoms with Gasteiger partial charge in [-0.25, -0.2) is 4.79 Å². The molecule has 2 saturated heterocycles.